The van der Waals surface area contributed by atoms with Gasteiger partial charge in [-0.25, -0.2) is 0 Å². The van der Waals surface area contributed by atoms with Crippen LogP contribution in [0.3, 0.4) is 0 Å². The summed E-state index contributed by atoms with van der Waals surface area (Å²) in [6.45, 7) is 5.19. The summed E-state index contributed by atoms with van der Waals surface area (Å²) < 4.78 is 0. The van der Waals surface area contributed by atoms with Crippen molar-refractivity contribution in [3.63, 3.8) is 0 Å². The number of unbranched alkanes of at least 4 members (excludes halogenated alkanes) is 1. The lowest BCUT2D eigenvalue weighted by Crippen LogP contribution is -2.27. The average Bonchev–Trinajstić information content (AvgIpc) is 2.62. The summed E-state index contributed by atoms with van der Waals surface area (Å²) >= 11 is 1.85. The molecular weight excluding hydrogens is 230 g/mol. The predicted octanol–water partition coefficient (Wildman–Crippen LogP) is 3.69. The Balaban J connectivity index is 2.27. The molecule has 1 aromatic rings. The van der Waals surface area contributed by atoms with Gasteiger partial charge in [-0.3, -0.25) is 4.79 Å². The normalized spacial score (nSPS) is 18.6. The molecule has 2 rings (SSSR count). The van der Waals surface area contributed by atoms with E-state index in [-0.39, 0.29) is 11.3 Å². The molecule has 0 aliphatic carbocycles. The fraction of sp³-hybridized carbons (Fsp3) is 0.500. The lowest BCUT2D eigenvalue weighted by Gasteiger charge is -2.24. The Bertz CT molecular complexity index is 405. The van der Waals surface area contributed by atoms with Crippen LogP contribution in [0.5, 0.6) is 0 Å². The van der Waals surface area contributed by atoms with Gasteiger partial charge in [-0.05, 0) is 23.8 Å². The molecule has 1 unspecified atom stereocenters. The Labute approximate surface area is 107 Å². The molecule has 17 heavy (non-hydrogen) atoms. The van der Waals surface area contributed by atoms with E-state index >= 15 is 0 Å². The summed E-state index contributed by atoms with van der Waals surface area (Å²) in [6, 6.07) is 8.02. The van der Waals surface area contributed by atoms with Crippen LogP contribution in [0.2, 0.25) is 0 Å². The fourth-order valence-corrected chi connectivity index (χ4v) is 3.30. The van der Waals surface area contributed by atoms with Crippen LogP contribution in [-0.4, -0.2) is 23.1 Å². The second kappa shape index (κ2) is 5.58. The summed E-state index contributed by atoms with van der Waals surface area (Å²) in [7, 11) is 0. The molecule has 92 valence electrons. The Kier molecular flexibility index (Phi) is 4.11. The van der Waals surface area contributed by atoms with Crippen LogP contribution >= 0.6 is 11.8 Å². The maximum atomic E-state index is 12.3. The number of hydrogen-bond donors (Lipinski definition) is 0. The first-order valence-electron chi connectivity index (χ1n) is 6.31. The van der Waals surface area contributed by atoms with Crippen LogP contribution in [0, 0.1) is 0 Å². The molecule has 0 saturated carbocycles. The van der Waals surface area contributed by atoms with Crippen molar-refractivity contribution in [3.05, 3.63) is 35.4 Å². The highest BCUT2D eigenvalue weighted by Crippen LogP contribution is 2.41. The molecule has 0 bridgehead atoms. The Morgan fingerprint density at radius 1 is 1.29 bits per heavy atom. The van der Waals surface area contributed by atoms with Gasteiger partial charge >= 0.3 is 0 Å². The minimum atomic E-state index is 0.208. The van der Waals surface area contributed by atoms with Gasteiger partial charge < -0.3 is 4.90 Å². The largest absolute Gasteiger partial charge is 0.322 e. The van der Waals surface area contributed by atoms with Gasteiger partial charge in [0.2, 0.25) is 0 Å². The molecule has 1 aliphatic rings. The van der Waals surface area contributed by atoms with Gasteiger partial charge in [0.25, 0.3) is 5.91 Å². The molecule has 0 N–H and O–H groups in total. The van der Waals surface area contributed by atoms with Gasteiger partial charge in [-0.2, -0.15) is 0 Å². The van der Waals surface area contributed by atoms with Gasteiger partial charge in [0.05, 0.1) is 0 Å². The van der Waals surface area contributed by atoms with Gasteiger partial charge in [-0.15, -0.1) is 11.8 Å². The quantitative estimate of drug-likeness (QED) is 0.793. The SMILES string of the molecule is CCCCN1C(=O)c2ccccc2C1SCC. The Hall–Kier alpha value is -0.960. The van der Waals surface area contributed by atoms with Crippen molar-refractivity contribution in [1.82, 2.24) is 4.90 Å². The summed E-state index contributed by atoms with van der Waals surface area (Å²) in [5.74, 6) is 1.24. The van der Waals surface area contributed by atoms with Crippen molar-refractivity contribution in [2.75, 3.05) is 12.3 Å². The van der Waals surface area contributed by atoms with Crippen LogP contribution in [0.25, 0.3) is 0 Å². The van der Waals surface area contributed by atoms with Crippen LogP contribution in [0.15, 0.2) is 24.3 Å². The van der Waals surface area contributed by atoms with Crippen molar-refractivity contribution in [3.8, 4) is 0 Å². The summed E-state index contributed by atoms with van der Waals surface area (Å²) in [5, 5.41) is 0.232. The Morgan fingerprint density at radius 2 is 2.06 bits per heavy atom. The number of fused-ring (bicyclic) bond motifs is 1. The molecule has 0 aromatic heterocycles. The highest BCUT2D eigenvalue weighted by atomic mass is 32.2. The number of thioether (sulfide) groups is 1. The minimum Gasteiger partial charge on any atom is -0.322 e. The van der Waals surface area contributed by atoms with Crippen molar-refractivity contribution >= 4 is 17.7 Å². The first-order valence-corrected chi connectivity index (χ1v) is 7.36. The van der Waals surface area contributed by atoms with E-state index in [1.807, 2.05) is 34.9 Å². The van der Waals surface area contributed by atoms with E-state index in [1.54, 1.807) is 0 Å². The molecule has 0 saturated heterocycles. The monoisotopic (exact) mass is 249 g/mol. The van der Waals surface area contributed by atoms with E-state index in [0.29, 0.717) is 0 Å². The molecule has 3 heteroatoms. The number of amides is 1. The average molecular weight is 249 g/mol. The third-order valence-electron chi connectivity index (χ3n) is 3.08. The molecule has 1 heterocycles. The van der Waals surface area contributed by atoms with Crippen molar-refractivity contribution < 1.29 is 4.79 Å². The molecule has 1 aliphatic heterocycles. The zero-order valence-electron chi connectivity index (χ0n) is 10.5. The summed E-state index contributed by atoms with van der Waals surface area (Å²) in [4.78, 5) is 14.3. The smallest absolute Gasteiger partial charge is 0.255 e. The van der Waals surface area contributed by atoms with Crippen LogP contribution in [0.1, 0.15) is 48.0 Å². The topological polar surface area (TPSA) is 20.3 Å². The lowest BCUT2D eigenvalue weighted by molar-refractivity contribution is 0.0771. The standard InChI is InChI=1S/C14H19NOS/c1-3-5-10-15-13(16)11-8-6-7-9-12(11)14(15)17-4-2/h6-9,14H,3-5,10H2,1-2H3. The van der Waals surface area contributed by atoms with Crippen molar-refractivity contribution in [1.29, 1.82) is 0 Å². The van der Waals surface area contributed by atoms with Crippen molar-refractivity contribution in [2.24, 2.45) is 0 Å². The minimum absolute atomic E-state index is 0.208. The summed E-state index contributed by atoms with van der Waals surface area (Å²) in [5.41, 5.74) is 2.09. The molecule has 0 fully saturated rings. The molecule has 0 radical (unpaired) electrons. The Morgan fingerprint density at radius 3 is 2.76 bits per heavy atom. The van der Waals surface area contributed by atoms with Gasteiger partial charge in [0.15, 0.2) is 0 Å². The highest BCUT2D eigenvalue weighted by molar-refractivity contribution is 7.99. The fourth-order valence-electron chi connectivity index (χ4n) is 2.22. The maximum Gasteiger partial charge on any atom is 0.255 e. The second-order valence-electron chi connectivity index (χ2n) is 4.25. The van der Waals surface area contributed by atoms with E-state index in [9.17, 15) is 4.79 Å². The third-order valence-corrected chi connectivity index (χ3v) is 4.24. The first kappa shape index (κ1) is 12.5. The van der Waals surface area contributed by atoms with Crippen molar-refractivity contribution in [2.45, 2.75) is 32.1 Å². The number of rotatable bonds is 5. The predicted molar refractivity (Wildman–Crippen MR) is 73.3 cm³/mol. The molecular formula is C14H19NOS. The van der Waals surface area contributed by atoms with E-state index < -0.39 is 0 Å². The van der Waals surface area contributed by atoms with E-state index in [0.717, 1.165) is 30.7 Å². The number of benzene rings is 1. The van der Waals surface area contributed by atoms with Crippen LogP contribution < -0.4 is 0 Å². The van der Waals surface area contributed by atoms with Crippen LogP contribution in [0.4, 0.5) is 0 Å². The van der Waals surface area contributed by atoms with E-state index in [2.05, 4.69) is 19.9 Å². The number of carbonyl (C=O) groups excluding carboxylic acids is 1. The first-order chi connectivity index (χ1) is 8.29. The third kappa shape index (κ3) is 2.34. The van der Waals surface area contributed by atoms with Gasteiger partial charge in [0.1, 0.15) is 5.37 Å². The van der Waals surface area contributed by atoms with Gasteiger partial charge in [0, 0.05) is 12.1 Å². The van der Waals surface area contributed by atoms with E-state index in [1.165, 1.54) is 5.56 Å². The van der Waals surface area contributed by atoms with E-state index in [4.69, 9.17) is 0 Å². The summed E-state index contributed by atoms with van der Waals surface area (Å²) in [6.07, 6.45) is 2.21. The zero-order chi connectivity index (χ0) is 12.3. The number of nitrogens with zero attached hydrogens (tertiary/aromatic N) is 1. The van der Waals surface area contributed by atoms with Gasteiger partial charge in [-0.1, -0.05) is 38.5 Å². The number of hydrogen-bond acceptors (Lipinski definition) is 2. The highest BCUT2D eigenvalue weighted by Gasteiger charge is 2.35. The second-order valence-corrected chi connectivity index (χ2v) is 5.60. The number of carbonyl (C=O) groups is 1. The maximum absolute atomic E-state index is 12.3. The lowest BCUT2D eigenvalue weighted by atomic mass is 10.1. The molecule has 2 nitrogen and oxygen atoms in total. The molecule has 1 atom stereocenters. The molecule has 0 spiro atoms. The molecule has 1 amide bonds. The zero-order valence-corrected chi connectivity index (χ0v) is 11.3. The van der Waals surface area contributed by atoms with Crippen LogP contribution in [-0.2, 0) is 0 Å². The molecule has 1 aromatic carbocycles.